The number of nitrogens with zero attached hydrogens (tertiary/aromatic N) is 4. The molecule has 1 N–H and O–H groups in total. The van der Waals surface area contributed by atoms with Crippen molar-refractivity contribution in [3.8, 4) is 0 Å². The third kappa shape index (κ3) is 4.02. The molecular formula is C21H31N5O3. The molecule has 3 saturated heterocycles. The number of aryl methyl sites for hydroxylation is 1. The topological polar surface area (TPSA) is 89.6 Å². The average Bonchev–Trinajstić information content (AvgIpc) is 3.39. The van der Waals surface area contributed by atoms with Gasteiger partial charge in [0.05, 0.1) is 24.7 Å². The molecule has 0 aromatic carbocycles. The fourth-order valence-electron chi connectivity index (χ4n) is 5.25. The van der Waals surface area contributed by atoms with Crippen LogP contribution < -0.4 is 0 Å². The number of piperidine rings is 1. The molecule has 3 atom stereocenters. The lowest BCUT2D eigenvalue weighted by atomic mass is 9.94. The van der Waals surface area contributed by atoms with Gasteiger partial charge in [0.25, 0.3) is 0 Å². The number of likely N-dealkylation sites (tertiary alicyclic amines) is 1. The molecule has 8 heteroatoms. The summed E-state index contributed by atoms with van der Waals surface area (Å²) in [6.45, 7) is 4.39. The fraction of sp³-hybridized carbons (Fsp3) is 0.714. The Balaban J connectivity index is 1.41. The first-order valence-corrected chi connectivity index (χ1v) is 10.9. The number of aromatic amines is 1. The molecule has 4 heterocycles. The molecule has 0 radical (unpaired) electrons. The number of fused-ring (bicyclic) bond motifs is 1. The molecule has 158 valence electrons. The summed E-state index contributed by atoms with van der Waals surface area (Å²) in [5.41, 5.74) is 0.988. The molecule has 29 heavy (non-hydrogen) atoms. The normalized spacial score (nSPS) is 27.3. The molecule has 0 bridgehead atoms. The van der Waals surface area contributed by atoms with Gasteiger partial charge in [-0.2, -0.15) is 5.10 Å². The van der Waals surface area contributed by atoms with E-state index in [0.717, 1.165) is 37.9 Å². The zero-order valence-electron chi connectivity index (χ0n) is 17.2. The van der Waals surface area contributed by atoms with Crippen LogP contribution >= 0.6 is 0 Å². The number of hydrogen-bond donors (Lipinski definition) is 1. The molecule has 3 fully saturated rings. The van der Waals surface area contributed by atoms with Crippen LogP contribution in [0.15, 0.2) is 12.4 Å². The van der Waals surface area contributed by atoms with Crippen LogP contribution in [0.2, 0.25) is 0 Å². The van der Waals surface area contributed by atoms with Crippen LogP contribution in [0.3, 0.4) is 0 Å². The third-order valence-corrected chi connectivity index (χ3v) is 6.72. The van der Waals surface area contributed by atoms with Gasteiger partial charge in [-0.15, -0.1) is 0 Å². The van der Waals surface area contributed by atoms with Gasteiger partial charge >= 0.3 is 0 Å². The molecule has 0 unspecified atom stereocenters. The minimum atomic E-state index is -0.131. The van der Waals surface area contributed by atoms with Crippen LogP contribution in [0.5, 0.6) is 0 Å². The summed E-state index contributed by atoms with van der Waals surface area (Å²) in [7, 11) is 0. The van der Waals surface area contributed by atoms with Crippen LogP contribution in [-0.2, 0) is 20.8 Å². The summed E-state index contributed by atoms with van der Waals surface area (Å²) in [6, 6.07) is -0.0806. The highest BCUT2D eigenvalue weighted by Gasteiger charge is 2.50. The second-order valence-corrected chi connectivity index (χ2v) is 8.54. The van der Waals surface area contributed by atoms with Crippen LogP contribution in [0.25, 0.3) is 0 Å². The summed E-state index contributed by atoms with van der Waals surface area (Å²) in [5, 5.41) is 6.66. The van der Waals surface area contributed by atoms with Gasteiger partial charge in [-0.05, 0) is 44.1 Å². The number of hydrogen-bond acceptors (Lipinski definition) is 4. The number of aromatic nitrogens is 2. The fourth-order valence-corrected chi connectivity index (χ4v) is 5.25. The summed E-state index contributed by atoms with van der Waals surface area (Å²) in [5.74, 6) is 0.0568. The Morgan fingerprint density at radius 1 is 1.21 bits per heavy atom. The number of amides is 3. The molecule has 8 nitrogen and oxygen atoms in total. The van der Waals surface area contributed by atoms with Gasteiger partial charge in [0, 0.05) is 38.3 Å². The molecule has 0 aliphatic carbocycles. The van der Waals surface area contributed by atoms with Gasteiger partial charge in [-0.1, -0.05) is 6.92 Å². The predicted octanol–water partition coefficient (Wildman–Crippen LogP) is 1.19. The first-order valence-electron chi connectivity index (χ1n) is 10.9. The van der Waals surface area contributed by atoms with Crippen LogP contribution in [0, 0.1) is 5.92 Å². The quantitative estimate of drug-likeness (QED) is 0.803. The number of piperazine rings is 1. The van der Waals surface area contributed by atoms with Crippen molar-refractivity contribution in [2.75, 3.05) is 26.2 Å². The number of nitrogens with one attached hydrogen (secondary N) is 1. The highest BCUT2D eigenvalue weighted by molar-refractivity contribution is 5.88. The number of carbonyl (C=O) groups excluding carboxylic acids is 3. The predicted molar refractivity (Wildman–Crippen MR) is 107 cm³/mol. The largest absolute Gasteiger partial charge is 0.342 e. The maximum atomic E-state index is 13.2. The molecular weight excluding hydrogens is 370 g/mol. The Hall–Kier alpha value is -2.38. The van der Waals surface area contributed by atoms with Crippen LogP contribution in [0.1, 0.15) is 51.0 Å². The smallest absolute Gasteiger partial charge is 0.242 e. The highest BCUT2D eigenvalue weighted by atomic mass is 16.2. The zero-order valence-corrected chi connectivity index (χ0v) is 17.2. The van der Waals surface area contributed by atoms with E-state index in [9.17, 15) is 14.4 Å². The van der Waals surface area contributed by atoms with Crippen LogP contribution in [0.4, 0.5) is 0 Å². The van der Waals surface area contributed by atoms with Crippen LogP contribution in [-0.4, -0.2) is 80.9 Å². The molecule has 0 saturated carbocycles. The van der Waals surface area contributed by atoms with Crippen molar-refractivity contribution in [1.82, 2.24) is 24.9 Å². The van der Waals surface area contributed by atoms with Crippen molar-refractivity contribution in [2.24, 2.45) is 5.92 Å². The molecule has 4 rings (SSSR count). The van der Waals surface area contributed by atoms with E-state index < -0.39 is 0 Å². The maximum Gasteiger partial charge on any atom is 0.242 e. The van der Waals surface area contributed by atoms with E-state index in [4.69, 9.17) is 0 Å². The summed E-state index contributed by atoms with van der Waals surface area (Å²) < 4.78 is 0. The Bertz CT molecular complexity index is 744. The SMILES string of the molecule is CC[C@@H]1[C@H](C(=O)N2CCCCC2)C[C@@H]2CN(C(=O)CCc3cn[nH]c3)CC(=O)N21. The Morgan fingerprint density at radius 3 is 2.69 bits per heavy atom. The van der Waals surface area contributed by atoms with Crippen molar-refractivity contribution in [3.05, 3.63) is 18.0 Å². The summed E-state index contributed by atoms with van der Waals surface area (Å²) >= 11 is 0. The Kier molecular flexibility index (Phi) is 5.87. The van der Waals surface area contributed by atoms with E-state index in [2.05, 4.69) is 17.1 Å². The molecule has 3 aliphatic rings. The first-order chi connectivity index (χ1) is 14.1. The van der Waals surface area contributed by atoms with Gasteiger partial charge < -0.3 is 14.7 Å². The van der Waals surface area contributed by atoms with E-state index in [1.807, 2.05) is 9.80 Å². The van der Waals surface area contributed by atoms with E-state index in [0.29, 0.717) is 25.8 Å². The molecule has 1 aromatic heterocycles. The second-order valence-electron chi connectivity index (χ2n) is 8.54. The Labute approximate surface area is 171 Å². The standard InChI is InChI=1S/C21H31N5O3/c1-2-18-17(21(29)24-8-4-3-5-9-24)10-16-13-25(14-20(28)26(16)18)19(27)7-6-15-11-22-23-12-15/h11-12,16-18H,2-10,13-14H2,1H3,(H,22,23)/t16-,17-,18-/m1/s1. The van der Waals surface area contributed by atoms with Gasteiger partial charge in [-0.25, -0.2) is 0 Å². The maximum absolute atomic E-state index is 13.2. The monoisotopic (exact) mass is 401 g/mol. The van der Waals surface area contributed by atoms with Crippen molar-refractivity contribution in [3.63, 3.8) is 0 Å². The van der Waals surface area contributed by atoms with Crippen molar-refractivity contribution in [2.45, 2.75) is 64.0 Å². The average molecular weight is 402 g/mol. The highest BCUT2D eigenvalue weighted by Crippen LogP contribution is 2.36. The van der Waals surface area contributed by atoms with E-state index in [-0.39, 0.29) is 42.3 Å². The lowest BCUT2D eigenvalue weighted by molar-refractivity contribution is -0.149. The minimum absolute atomic E-state index is 0.00180. The van der Waals surface area contributed by atoms with E-state index in [1.54, 1.807) is 17.3 Å². The third-order valence-electron chi connectivity index (χ3n) is 6.72. The number of H-pyrrole nitrogens is 1. The number of carbonyl (C=O) groups is 3. The van der Waals surface area contributed by atoms with Crippen molar-refractivity contribution < 1.29 is 14.4 Å². The first kappa shape index (κ1) is 19.9. The molecule has 3 aliphatic heterocycles. The lowest BCUT2D eigenvalue weighted by Crippen LogP contribution is -2.57. The Morgan fingerprint density at radius 2 is 2.00 bits per heavy atom. The van der Waals surface area contributed by atoms with Gasteiger partial charge in [0.2, 0.25) is 17.7 Å². The molecule has 0 spiro atoms. The van der Waals surface area contributed by atoms with Crippen molar-refractivity contribution in [1.29, 1.82) is 0 Å². The zero-order chi connectivity index (χ0) is 20.4. The van der Waals surface area contributed by atoms with E-state index in [1.165, 1.54) is 6.42 Å². The van der Waals surface area contributed by atoms with Gasteiger partial charge in [0.15, 0.2) is 0 Å². The van der Waals surface area contributed by atoms with Gasteiger partial charge in [-0.3, -0.25) is 19.5 Å². The minimum Gasteiger partial charge on any atom is -0.342 e. The molecule has 1 aromatic rings. The van der Waals surface area contributed by atoms with Gasteiger partial charge in [0.1, 0.15) is 0 Å². The summed E-state index contributed by atoms with van der Waals surface area (Å²) in [6.07, 6.45) is 9.27. The second kappa shape index (κ2) is 8.55. The van der Waals surface area contributed by atoms with Crippen molar-refractivity contribution >= 4 is 17.7 Å². The summed E-state index contributed by atoms with van der Waals surface area (Å²) in [4.78, 5) is 44.4. The van der Waals surface area contributed by atoms with E-state index >= 15 is 0 Å². The lowest BCUT2D eigenvalue weighted by Gasteiger charge is -2.40. The number of rotatable bonds is 5. The molecule has 3 amide bonds.